The number of sulfonamides is 1. The first-order chi connectivity index (χ1) is 12.3. The fourth-order valence-corrected chi connectivity index (χ4v) is 5.59. The summed E-state index contributed by atoms with van der Waals surface area (Å²) in [5.74, 6) is -0.235. The van der Waals surface area contributed by atoms with Crippen LogP contribution in [0.15, 0.2) is 45.8 Å². The Bertz CT molecular complexity index is 947. The van der Waals surface area contributed by atoms with Crippen molar-refractivity contribution >= 4 is 49.0 Å². The Morgan fingerprint density at radius 2 is 1.69 bits per heavy atom. The van der Waals surface area contributed by atoms with Crippen molar-refractivity contribution < 1.29 is 18.0 Å². The van der Waals surface area contributed by atoms with Crippen LogP contribution in [0, 0.1) is 0 Å². The second kappa shape index (κ2) is 7.59. The molecule has 0 aliphatic carbocycles. The number of amides is 1. The molecule has 1 amide bonds. The highest BCUT2D eigenvalue weighted by molar-refractivity contribution is 9.10. The molecule has 2 heterocycles. The lowest BCUT2D eigenvalue weighted by atomic mass is 10.3. The van der Waals surface area contributed by atoms with Crippen LogP contribution in [-0.2, 0) is 10.0 Å². The van der Waals surface area contributed by atoms with Crippen molar-refractivity contribution in [1.29, 1.82) is 0 Å². The van der Waals surface area contributed by atoms with Gasteiger partial charge in [0.1, 0.15) is 0 Å². The second-order valence-electron chi connectivity index (χ2n) is 5.87. The summed E-state index contributed by atoms with van der Waals surface area (Å²) >= 11 is 4.46. The molecule has 0 N–H and O–H groups in total. The third-order valence-electron chi connectivity index (χ3n) is 4.12. The number of nitrogens with zero attached hydrogens (tertiary/aromatic N) is 2. The van der Waals surface area contributed by atoms with Crippen LogP contribution >= 0.6 is 27.3 Å². The highest BCUT2D eigenvalue weighted by Crippen LogP contribution is 2.23. The standard InChI is InChI=1S/C17H17BrN2O4S2/c1-12(21)15-5-6-16(25-15)17(22)19-7-9-20(10-8-19)26(23,24)14-4-2-3-13(18)11-14/h2-6,11H,7-10H2,1H3. The number of hydrogen-bond donors (Lipinski definition) is 0. The smallest absolute Gasteiger partial charge is 0.264 e. The van der Waals surface area contributed by atoms with Gasteiger partial charge in [-0.1, -0.05) is 22.0 Å². The maximum Gasteiger partial charge on any atom is 0.264 e. The number of Topliss-reactive ketones (excluding diaryl/α,β-unsaturated/α-hetero) is 1. The van der Waals surface area contributed by atoms with E-state index in [2.05, 4.69) is 15.9 Å². The predicted molar refractivity (Wildman–Crippen MR) is 103 cm³/mol. The molecule has 0 unspecified atom stereocenters. The van der Waals surface area contributed by atoms with Crippen LogP contribution in [0.25, 0.3) is 0 Å². The van der Waals surface area contributed by atoms with Gasteiger partial charge in [-0.05, 0) is 37.3 Å². The number of rotatable bonds is 4. The molecule has 1 aliphatic heterocycles. The average Bonchev–Trinajstić information content (AvgIpc) is 3.11. The van der Waals surface area contributed by atoms with E-state index in [9.17, 15) is 18.0 Å². The molecule has 1 aliphatic rings. The van der Waals surface area contributed by atoms with Gasteiger partial charge in [0.25, 0.3) is 5.91 Å². The molecule has 0 bridgehead atoms. The summed E-state index contributed by atoms with van der Waals surface area (Å²) in [7, 11) is -3.58. The maximum atomic E-state index is 12.7. The minimum absolute atomic E-state index is 0.0704. The van der Waals surface area contributed by atoms with Gasteiger partial charge in [-0.25, -0.2) is 8.42 Å². The van der Waals surface area contributed by atoms with Crippen molar-refractivity contribution in [3.05, 3.63) is 50.6 Å². The molecule has 1 fully saturated rings. The van der Waals surface area contributed by atoms with E-state index in [1.165, 1.54) is 22.6 Å². The lowest BCUT2D eigenvalue weighted by Gasteiger charge is -2.33. The fraction of sp³-hybridized carbons (Fsp3) is 0.294. The molecule has 6 nitrogen and oxygen atoms in total. The molecule has 138 valence electrons. The summed E-state index contributed by atoms with van der Waals surface area (Å²) in [6, 6.07) is 9.88. The van der Waals surface area contributed by atoms with Gasteiger partial charge < -0.3 is 4.90 Å². The van der Waals surface area contributed by atoms with E-state index in [0.29, 0.717) is 27.3 Å². The number of halogens is 1. The molecular formula is C17H17BrN2O4S2. The monoisotopic (exact) mass is 456 g/mol. The Morgan fingerprint density at radius 3 is 2.27 bits per heavy atom. The zero-order chi connectivity index (χ0) is 18.9. The predicted octanol–water partition coefficient (Wildman–Crippen LogP) is 2.86. The molecule has 26 heavy (non-hydrogen) atoms. The summed E-state index contributed by atoms with van der Waals surface area (Å²) in [6.07, 6.45) is 0. The van der Waals surface area contributed by atoms with E-state index in [-0.39, 0.29) is 29.7 Å². The van der Waals surface area contributed by atoms with Crippen molar-refractivity contribution in [2.24, 2.45) is 0 Å². The van der Waals surface area contributed by atoms with E-state index in [0.717, 1.165) is 0 Å². The van der Waals surface area contributed by atoms with Crippen LogP contribution in [0.3, 0.4) is 0 Å². The van der Waals surface area contributed by atoms with Crippen molar-refractivity contribution in [1.82, 2.24) is 9.21 Å². The number of ketones is 1. The van der Waals surface area contributed by atoms with E-state index >= 15 is 0 Å². The lowest BCUT2D eigenvalue weighted by Crippen LogP contribution is -2.50. The summed E-state index contributed by atoms with van der Waals surface area (Å²) in [5.41, 5.74) is 0. The summed E-state index contributed by atoms with van der Waals surface area (Å²) in [6.45, 7) is 2.58. The van der Waals surface area contributed by atoms with Gasteiger partial charge in [-0.2, -0.15) is 4.31 Å². The number of piperazine rings is 1. The van der Waals surface area contributed by atoms with Crippen molar-refractivity contribution in [3.8, 4) is 0 Å². The summed E-state index contributed by atoms with van der Waals surface area (Å²) < 4.78 is 27.6. The van der Waals surface area contributed by atoms with Crippen LogP contribution in [-0.4, -0.2) is 55.5 Å². The van der Waals surface area contributed by atoms with Gasteiger partial charge in [0, 0.05) is 30.7 Å². The number of hydrogen-bond acceptors (Lipinski definition) is 5. The number of thiophene rings is 1. The Kier molecular flexibility index (Phi) is 5.61. The Labute approximate surface area is 164 Å². The Hall–Kier alpha value is -1.55. The maximum absolute atomic E-state index is 12.7. The molecule has 1 aromatic heterocycles. The van der Waals surface area contributed by atoms with Crippen LogP contribution < -0.4 is 0 Å². The minimum Gasteiger partial charge on any atom is -0.335 e. The van der Waals surface area contributed by atoms with Crippen LogP contribution in [0.1, 0.15) is 26.3 Å². The Balaban J connectivity index is 1.68. The van der Waals surface area contributed by atoms with Gasteiger partial charge in [0.2, 0.25) is 10.0 Å². The zero-order valence-electron chi connectivity index (χ0n) is 14.0. The highest BCUT2D eigenvalue weighted by atomic mass is 79.9. The molecule has 1 aromatic carbocycles. The van der Waals surface area contributed by atoms with Crippen LogP contribution in [0.5, 0.6) is 0 Å². The van der Waals surface area contributed by atoms with E-state index in [4.69, 9.17) is 0 Å². The molecule has 9 heteroatoms. The van der Waals surface area contributed by atoms with Crippen molar-refractivity contribution in [2.45, 2.75) is 11.8 Å². The molecular weight excluding hydrogens is 440 g/mol. The number of carbonyl (C=O) groups is 2. The molecule has 0 radical (unpaired) electrons. The molecule has 1 saturated heterocycles. The topological polar surface area (TPSA) is 74.8 Å². The largest absolute Gasteiger partial charge is 0.335 e. The summed E-state index contributed by atoms with van der Waals surface area (Å²) in [4.78, 5) is 26.8. The van der Waals surface area contributed by atoms with E-state index in [1.54, 1.807) is 41.3 Å². The molecule has 0 saturated carbocycles. The van der Waals surface area contributed by atoms with E-state index < -0.39 is 10.0 Å². The van der Waals surface area contributed by atoms with Crippen molar-refractivity contribution in [2.75, 3.05) is 26.2 Å². The minimum atomic E-state index is -3.58. The molecule has 2 aromatic rings. The van der Waals surface area contributed by atoms with Gasteiger partial charge in [0.05, 0.1) is 14.6 Å². The van der Waals surface area contributed by atoms with Gasteiger partial charge in [-0.15, -0.1) is 11.3 Å². The second-order valence-corrected chi connectivity index (χ2v) is 9.81. The Morgan fingerprint density at radius 1 is 1.04 bits per heavy atom. The number of benzene rings is 1. The third kappa shape index (κ3) is 3.90. The summed E-state index contributed by atoms with van der Waals surface area (Å²) in [5, 5.41) is 0. The van der Waals surface area contributed by atoms with Crippen molar-refractivity contribution in [3.63, 3.8) is 0 Å². The first-order valence-corrected chi connectivity index (χ1v) is 11.0. The normalized spacial score (nSPS) is 15.8. The molecule has 3 rings (SSSR count). The SMILES string of the molecule is CC(=O)c1ccc(C(=O)N2CCN(S(=O)(=O)c3cccc(Br)c3)CC2)s1. The number of carbonyl (C=O) groups excluding carboxylic acids is 2. The fourth-order valence-electron chi connectivity index (χ4n) is 2.71. The first kappa shape index (κ1) is 19.2. The zero-order valence-corrected chi connectivity index (χ0v) is 17.2. The average molecular weight is 457 g/mol. The van der Waals surface area contributed by atoms with Gasteiger partial charge >= 0.3 is 0 Å². The first-order valence-electron chi connectivity index (χ1n) is 7.95. The highest BCUT2D eigenvalue weighted by Gasteiger charge is 2.31. The van der Waals surface area contributed by atoms with E-state index in [1.807, 2.05) is 0 Å². The third-order valence-corrected chi connectivity index (χ3v) is 7.69. The lowest BCUT2D eigenvalue weighted by molar-refractivity contribution is 0.0702. The quantitative estimate of drug-likeness (QED) is 0.662. The van der Waals surface area contributed by atoms with Gasteiger partial charge in [-0.3, -0.25) is 9.59 Å². The van der Waals surface area contributed by atoms with Crippen LogP contribution in [0.4, 0.5) is 0 Å². The molecule has 0 atom stereocenters. The van der Waals surface area contributed by atoms with Gasteiger partial charge in [0.15, 0.2) is 5.78 Å². The molecule has 0 spiro atoms. The van der Waals surface area contributed by atoms with Crippen LogP contribution in [0.2, 0.25) is 0 Å².